The summed E-state index contributed by atoms with van der Waals surface area (Å²) in [5.41, 5.74) is 1.31. The van der Waals surface area contributed by atoms with Gasteiger partial charge in [-0.15, -0.1) is 0 Å². The van der Waals surface area contributed by atoms with Gasteiger partial charge in [-0.05, 0) is 55.7 Å². The summed E-state index contributed by atoms with van der Waals surface area (Å²) in [4.78, 5) is 13.4. The minimum atomic E-state index is -0.589. The fourth-order valence-electron chi connectivity index (χ4n) is 3.79. The molecule has 0 aliphatic heterocycles. The number of nitrogens with zero attached hydrogens (tertiary/aromatic N) is 1. The van der Waals surface area contributed by atoms with Gasteiger partial charge in [-0.1, -0.05) is 43.0 Å². The number of amides is 1. The van der Waals surface area contributed by atoms with Gasteiger partial charge in [-0.2, -0.15) is 5.26 Å². The lowest BCUT2D eigenvalue weighted by atomic mass is 9.68. The Morgan fingerprint density at radius 1 is 1.19 bits per heavy atom. The monoisotopic (exact) mass is 382 g/mol. The van der Waals surface area contributed by atoms with E-state index in [-0.39, 0.29) is 5.91 Å². The molecule has 0 unspecified atom stereocenters. The quantitative estimate of drug-likeness (QED) is 0.747. The van der Waals surface area contributed by atoms with Crippen LogP contribution in [0.1, 0.15) is 50.2 Å². The summed E-state index contributed by atoms with van der Waals surface area (Å²) < 4.78 is 5.45. The van der Waals surface area contributed by atoms with Crippen molar-refractivity contribution < 1.29 is 9.53 Å². The molecule has 0 spiro atoms. The lowest BCUT2D eigenvalue weighted by molar-refractivity contribution is -0.122. The summed E-state index contributed by atoms with van der Waals surface area (Å²) in [6.07, 6.45) is 4.72. The molecule has 1 aliphatic carbocycles. The maximum absolute atomic E-state index is 13.4. The molecule has 27 heavy (non-hydrogen) atoms. The van der Waals surface area contributed by atoms with Gasteiger partial charge in [0.2, 0.25) is 5.91 Å². The lowest BCUT2D eigenvalue weighted by Gasteiger charge is -2.36. The predicted molar refractivity (Wildman–Crippen MR) is 107 cm³/mol. The zero-order chi connectivity index (χ0) is 19.3. The van der Waals surface area contributed by atoms with Crippen LogP contribution < -0.4 is 10.1 Å². The molecule has 0 atom stereocenters. The summed E-state index contributed by atoms with van der Waals surface area (Å²) in [5.74, 6) is 0.558. The molecule has 0 heterocycles. The number of ether oxygens (including phenoxy) is 1. The minimum absolute atomic E-state index is 0.0646. The highest BCUT2D eigenvalue weighted by Gasteiger charge is 2.41. The van der Waals surface area contributed by atoms with Gasteiger partial charge in [0.1, 0.15) is 11.8 Å². The van der Waals surface area contributed by atoms with E-state index in [2.05, 4.69) is 11.4 Å². The van der Waals surface area contributed by atoms with E-state index in [4.69, 9.17) is 16.3 Å². The summed E-state index contributed by atoms with van der Waals surface area (Å²) in [5, 5.41) is 13.1. The third kappa shape index (κ3) is 4.09. The number of carbonyl (C=O) groups is 1. The average molecular weight is 383 g/mol. The Morgan fingerprint density at radius 2 is 1.89 bits per heavy atom. The first-order valence-electron chi connectivity index (χ1n) is 9.33. The molecule has 2 aromatic carbocycles. The summed E-state index contributed by atoms with van der Waals surface area (Å²) in [6.45, 7) is 2.41. The molecule has 1 N–H and O–H groups in total. The van der Waals surface area contributed by atoms with Crippen LogP contribution in [0.5, 0.6) is 5.75 Å². The highest BCUT2D eigenvalue weighted by atomic mass is 35.5. The van der Waals surface area contributed by atoms with E-state index in [1.165, 1.54) is 0 Å². The van der Waals surface area contributed by atoms with Crippen LogP contribution in [0.25, 0.3) is 0 Å². The van der Waals surface area contributed by atoms with E-state index in [1.54, 1.807) is 18.2 Å². The van der Waals surface area contributed by atoms with E-state index < -0.39 is 5.41 Å². The van der Waals surface area contributed by atoms with Crippen LogP contribution in [0.3, 0.4) is 0 Å². The number of nitrogens with one attached hydrogen (secondary N) is 1. The molecule has 2 aromatic rings. The second-order valence-electron chi connectivity index (χ2n) is 6.86. The molecule has 3 rings (SSSR count). The number of halogens is 1. The maximum Gasteiger partial charge on any atom is 0.235 e. The summed E-state index contributed by atoms with van der Waals surface area (Å²) in [7, 11) is 0. The summed E-state index contributed by atoms with van der Waals surface area (Å²) >= 11 is 6.04. The van der Waals surface area contributed by atoms with Crippen molar-refractivity contribution in [1.29, 1.82) is 5.26 Å². The Kier molecular flexibility index (Phi) is 6.03. The largest absolute Gasteiger partial charge is 0.494 e. The van der Waals surface area contributed by atoms with Gasteiger partial charge in [0.25, 0.3) is 0 Å². The second-order valence-corrected chi connectivity index (χ2v) is 7.29. The molecule has 1 amide bonds. The molecule has 0 aromatic heterocycles. The van der Waals surface area contributed by atoms with Crippen molar-refractivity contribution in [3.05, 3.63) is 58.6 Å². The van der Waals surface area contributed by atoms with Crippen LogP contribution in [0.2, 0.25) is 5.02 Å². The number of anilines is 1. The van der Waals surface area contributed by atoms with E-state index in [0.29, 0.717) is 28.6 Å². The molecule has 0 saturated heterocycles. The Morgan fingerprint density at radius 3 is 2.52 bits per heavy atom. The fraction of sp³-hybridized carbons (Fsp3) is 0.364. The van der Waals surface area contributed by atoms with Crippen LogP contribution in [-0.4, -0.2) is 12.5 Å². The molecular weight excluding hydrogens is 360 g/mol. The molecular formula is C22H23ClN2O2. The molecule has 1 saturated carbocycles. The number of nitriles is 1. The molecule has 0 bridgehead atoms. The van der Waals surface area contributed by atoms with Gasteiger partial charge in [0, 0.05) is 5.02 Å². The third-order valence-corrected chi connectivity index (χ3v) is 5.46. The van der Waals surface area contributed by atoms with Crippen molar-refractivity contribution in [2.45, 2.75) is 44.4 Å². The Bertz CT molecular complexity index is 850. The first kappa shape index (κ1) is 19.3. The van der Waals surface area contributed by atoms with Crippen LogP contribution in [0.15, 0.2) is 42.5 Å². The molecule has 5 heteroatoms. The van der Waals surface area contributed by atoms with Crippen LogP contribution in [0, 0.1) is 11.3 Å². The highest BCUT2D eigenvalue weighted by molar-refractivity contribution is 6.30. The van der Waals surface area contributed by atoms with E-state index in [1.807, 2.05) is 31.2 Å². The SMILES string of the molecule is CCOc1ccc(NC(=O)C2(c3ccc(Cl)cc3)CCCCC2)c(C#N)c1. The maximum atomic E-state index is 13.4. The molecule has 1 fully saturated rings. The standard InChI is InChI=1S/C22H23ClN2O2/c1-2-27-19-10-11-20(16(14-19)15-24)25-21(26)22(12-4-3-5-13-22)17-6-8-18(23)9-7-17/h6-11,14H,2-5,12-13H2,1H3,(H,25,26). The van der Waals surface area contributed by atoms with Crippen LogP contribution in [0.4, 0.5) is 5.69 Å². The van der Waals surface area contributed by atoms with Gasteiger partial charge in [0.05, 0.1) is 23.3 Å². The van der Waals surface area contributed by atoms with Gasteiger partial charge < -0.3 is 10.1 Å². The number of hydrogen-bond donors (Lipinski definition) is 1. The number of rotatable bonds is 5. The fourth-order valence-corrected chi connectivity index (χ4v) is 3.92. The Balaban J connectivity index is 1.92. The van der Waals surface area contributed by atoms with Gasteiger partial charge in [-0.3, -0.25) is 4.79 Å². The number of carbonyl (C=O) groups excluding carboxylic acids is 1. The van der Waals surface area contributed by atoms with E-state index in [0.717, 1.165) is 37.7 Å². The van der Waals surface area contributed by atoms with Crippen molar-refractivity contribution in [1.82, 2.24) is 0 Å². The second kappa shape index (κ2) is 8.45. The lowest BCUT2D eigenvalue weighted by Crippen LogP contribution is -2.42. The highest BCUT2D eigenvalue weighted by Crippen LogP contribution is 2.41. The predicted octanol–water partition coefficient (Wildman–Crippen LogP) is 5.45. The van der Waals surface area contributed by atoms with E-state index >= 15 is 0 Å². The molecule has 1 aliphatic rings. The van der Waals surface area contributed by atoms with Crippen molar-refractivity contribution >= 4 is 23.2 Å². The van der Waals surface area contributed by atoms with Crippen molar-refractivity contribution in [3.63, 3.8) is 0 Å². The zero-order valence-electron chi connectivity index (χ0n) is 15.4. The van der Waals surface area contributed by atoms with Crippen molar-refractivity contribution in [3.8, 4) is 11.8 Å². The molecule has 140 valence electrons. The third-order valence-electron chi connectivity index (χ3n) is 5.21. The number of benzene rings is 2. The number of hydrogen-bond acceptors (Lipinski definition) is 3. The minimum Gasteiger partial charge on any atom is -0.494 e. The average Bonchev–Trinajstić information content (AvgIpc) is 2.70. The molecule has 0 radical (unpaired) electrons. The Hall–Kier alpha value is -2.51. The van der Waals surface area contributed by atoms with Crippen molar-refractivity contribution in [2.75, 3.05) is 11.9 Å². The van der Waals surface area contributed by atoms with Gasteiger partial charge in [-0.25, -0.2) is 0 Å². The van der Waals surface area contributed by atoms with Crippen LogP contribution in [-0.2, 0) is 10.2 Å². The summed E-state index contributed by atoms with van der Waals surface area (Å²) in [6, 6.07) is 14.9. The normalized spacial score (nSPS) is 15.6. The first-order chi connectivity index (χ1) is 13.1. The van der Waals surface area contributed by atoms with Crippen LogP contribution >= 0.6 is 11.6 Å². The first-order valence-corrected chi connectivity index (χ1v) is 9.71. The van der Waals surface area contributed by atoms with Gasteiger partial charge in [0.15, 0.2) is 0 Å². The zero-order valence-corrected chi connectivity index (χ0v) is 16.2. The van der Waals surface area contributed by atoms with E-state index in [9.17, 15) is 10.1 Å². The Labute approximate surface area is 165 Å². The van der Waals surface area contributed by atoms with Gasteiger partial charge >= 0.3 is 0 Å². The van der Waals surface area contributed by atoms with Crippen molar-refractivity contribution in [2.24, 2.45) is 0 Å². The molecule has 4 nitrogen and oxygen atoms in total. The topological polar surface area (TPSA) is 62.1 Å². The smallest absolute Gasteiger partial charge is 0.235 e.